The Bertz CT molecular complexity index is 221. The Labute approximate surface area is 106 Å². The van der Waals surface area contributed by atoms with Crippen LogP contribution < -0.4 is 5.73 Å². The quantitative estimate of drug-likeness (QED) is 0.687. The fourth-order valence-corrected chi connectivity index (χ4v) is 2.35. The first-order valence-electron chi connectivity index (χ1n) is 6.73. The van der Waals surface area contributed by atoms with Crippen LogP contribution in [0.15, 0.2) is 0 Å². The Morgan fingerprint density at radius 3 is 2.18 bits per heavy atom. The van der Waals surface area contributed by atoms with Crippen molar-refractivity contribution in [3.05, 3.63) is 0 Å². The van der Waals surface area contributed by atoms with Gasteiger partial charge in [0.05, 0.1) is 0 Å². The first-order chi connectivity index (χ1) is 7.81. The number of rotatable bonds is 8. The number of carboxylic acid groups (broad SMARTS) is 1. The Hall–Kier alpha value is -0.570. The third-order valence-electron chi connectivity index (χ3n) is 3.58. The molecule has 0 heterocycles. The summed E-state index contributed by atoms with van der Waals surface area (Å²) in [5, 5.41) is 8.79. The summed E-state index contributed by atoms with van der Waals surface area (Å²) >= 11 is 0. The van der Waals surface area contributed by atoms with Crippen LogP contribution in [0, 0.1) is 17.3 Å². The molecule has 2 atom stereocenters. The highest BCUT2D eigenvalue weighted by atomic mass is 16.4. The molecule has 0 saturated heterocycles. The van der Waals surface area contributed by atoms with Crippen LogP contribution in [-0.2, 0) is 4.79 Å². The van der Waals surface area contributed by atoms with Crippen molar-refractivity contribution in [3.63, 3.8) is 0 Å². The fourth-order valence-electron chi connectivity index (χ4n) is 2.35. The standard InChI is InChI=1S/C14H29NO2/c1-5-6-12(14(2,3)4)8-7-11(10-15)9-13(16)17/h11-12H,5-10,15H2,1-4H3,(H,16,17). The van der Waals surface area contributed by atoms with Gasteiger partial charge in [-0.15, -0.1) is 0 Å². The van der Waals surface area contributed by atoms with Gasteiger partial charge in [-0.2, -0.15) is 0 Å². The van der Waals surface area contributed by atoms with Gasteiger partial charge >= 0.3 is 5.97 Å². The van der Waals surface area contributed by atoms with Crippen molar-refractivity contribution in [3.8, 4) is 0 Å². The normalized spacial score (nSPS) is 15.6. The summed E-state index contributed by atoms with van der Waals surface area (Å²) in [6, 6.07) is 0. The van der Waals surface area contributed by atoms with Crippen molar-refractivity contribution < 1.29 is 9.90 Å². The lowest BCUT2D eigenvalue weighted by molar-refractivity contribution is -0.138. The zero-order valence-electron chi connectivity index (χ0n) is 11.8. The zero-order valence-corrected chi connectivity index (χ0v) is 11.8. The van der Waals surface area contributed by atoms with E-state index < -0.39 is 5.97 Å². The Balaban J connectivity index is 4.22. The molecule has 0 aliphatic rings. The van der Waals surface area contributed by atoms with E-state index in [0.29, 0.717) is 17.9 Å². The minimum Gasteiger partial charge on any atom is -0.481 e. The minimum atomic E-state index is -0.733. The van der Waals surface area contributed by atoms with Crippen LogP contribution in [0.2, 0.25) is 0 Å². The molecule has 0 aliphatic carbocycles. The minimum absolute atomic E-state index is 0.134. The lowest BCUT2D eigenvalue weighted by atomic mass is 9.74. The molecular weight excluding hydrogens is 214 g/mol. The number of hydrogen-bond donors (Lipinski definition) is 2. The number of hydrogen-bond acceptors (Lipinski definition) is 2. The molecule has 0 rings (SSSR count). The summed E-state index contributed by atoms with van der Waals surface area (Å²) < 4.78 is 0. The van der Waals surface area contributed by atoms with Crippen LogP contribution in [0.25, 0.3) is 0 Å². The molecule has 3 heteroatoms. The van der Waals surface area contributed by atoms with Crippen molar-refractivity contribution >= 4 is 5.97 Å². The van der Waals surface area contributed by atoms with Gasteiger partial charge in [-0.3, -0.25) is 4.79 Å². The largest absolute Gasteiger partial charge is 0.481 e. The maximum Gasteiger partial charge on any atom is 0.303 e. The molecule has 0 aromatic heterocycles. The van der Waals surface area contributed by atoms with Crippen LogP contribution in [-0.4, -0.2) is 17.6 Å². The Morgan fingerprint density at radius 2 is 1.82 bits per heavy atom. The van der Waals surface area contributed by atoms with Crippen molar-refractivity contribution in [2.24, 2.45) is 23.0 Å². The second kappa shape index (κ2) is 7.70. The van der Waals surface area contributed by atoms with E-state index in [1.54, 1.807) is 0 Å². The van der Waals surface area contributed by atoms with E-state index in [4.69, 9.17) is 10.8 Å². The van der Waals surface area contributed by atoms with Crippen molar-refractivity contribution in [1.29, 1.82) is 0 Å². The highest BCUT2D eigenvalue weighted by Gasteiger charge is 2.24. The van der Waals surface area contributed by atoms with E-state index in [2.05, 4.69) is 27.7 Å². The van der Waals surface area contributed by atoms with E-state index in [0.717, 1.165) is 12.8 Å². The third-order valence-corrected chi connectivity index (χ3v) is 3.58. The Morgan fingerprint density at radius 1 is 1.24 bits per heavy atom. The van der Waals surface area contributed by atoms with Crippen molar-refractivity contribution in [1.82, 2.24) is 0 Å². The van der Waals surface area contributed by atoms with Crippen molar-refractivity contribution in [2.75, 3.05) is 6.54 Å². The van der Waals surface area contributed by atoms with Crippen LogP contribution in [0.1, 0.15) is 59.8 Å². The van der Waals surface area contributed by atoms with Crippen LogP contribution >= 0.6 is 0 Å². The van der Waals surface area contributed by atoms with Gasteiger partial charge in [0, 0.05) is 6.42 Å². The summed E-state index contributed by atoms with van der Waals surface area (Å²) in [6.45, 7) is 9.48. The monoisotopic (exact) mass is 243 g/mol. The van der Waals surface area contributed by atoms with Gasteiger partial charge in [-0.05, 0) is 36.6 Å². The molecule has 102 valence electrons. The third kappa shape index (κ3) is 7.37. The number of nitrogens with two attached hydrogens (primary N) is 1. The molecule has 3 N–H and O–H groups in total. The second-order valence-corrected chi connectivity index (χ2v) is 6.13. The number of carbonyl (C=O) groups is 1. The van der Waals surface area contributed by atoms with Crippen molar-refractivity contribution in [2.45, 2.75) is 59.8 Å². The molecule has 3 nitrogen and oxygen atoms in total. The van der Waals surface area contributed by atoms with Gasteiger partial charge in [-0.25, -0.2) is 0 Å². The zero-order chi connectivity index (χ0) is 13.5. The molecule has 0 bridgehead atoms. The predicted octanol–water partition coefficient (Wildman–Crippen LogP) is 3.28. The van der Waals surface area contributed by atoms with Crippen LogP contribution in [0.5, 0.6) is 0 Å². The predicted molar refractivity (Wildman–Crippen MR) is 71.9 cm³/mol. The highest BCUT2D eigenvalue weighted by molar-refractivity contribution is 5.67. The van der Waals surface area contributed by atoms with E-state index in [-0.39, 0.29) is 12.3 Å². The topological polar surface area (TPSA) is 63.3 Å². The SMILES string of the molecule is CCCC(CCC(CN)CC(=O)O)C(C)(C)C. The molecule has 2 unspecified atom stereocenters. The van der Waals surface area contributed by atoms with Gasteiger partial charge in [-0.1, -0.05) is 40.5 Å². The number of carboxylic acids is 1. The first kappa shape index (κ1) is 16.4. The van der Waals surface area contributed by atoms with E-state index in [9.17, 15) is 4.79 Å². The molecule has 0 aromatic carbocycles. The van der Waals surface area contributed by atoms with E-state index in [1.165, 1.54) is 12.8 Å². The molecule has 0 aromatic rings. The summed E-state index contributed by atoms with van der Waals surface area (Å²) in [4.78, 5) is 10.7. The average molecular weight is 243 g/mol. The first-order valence-corrected chi connectivity index (χ1v) is 6.73. The molecule has 0 spiro atoms. The fraction of sp³-hybridized carbons (Fsp3) is 0.929. The molecule has 17 heavy (non-hydrogen) atoms. The van der Waals surface area contributed by atoms with Gasteiger partial charge in [0.2, 0.25) is 0 Å². The summed E-state index contributed by atoms with van der Waals surface area (Å²) in [6.07, 6.45) is 4.64. The van der Waals surface area contributed by atoms with Gasteiger partial charge in [0.25, 0.3) is 0 Å². The smallest absolute Gasteiger partial charge is 0.303 e. The van der Waals surface area contributed by atoms with Gasteiger partial charge in [0.1, 0.15) is 0 Å². The highest BCUT2D eigenvalue weighted by Crippen LogP contribution is 2.34. The van der Waals surface area contributed by atoms with Gasteiger partial charge < -0.3 is 10.8 Å². The van der Waals surface area contributed by atoms with Gasteiger partial charge in [0.15, 0.2) is 0 Å². The van der Waals surface area contributed by atoms with E-state index in [1.807, 2.05) is 0 Å². The second-order valence-electron chi connectivity index (χ2n) is 6.13. The lowest BCUT2D eigenvalue weighted by Crippen LogP contribution is -2.24. The maximum atomic E-state index is 10.7. The van der Waals surface area contributed by atoms with E-state index >= 15 is 0 Å². The molecule has 0 fully saturated rings. The summed E-state index contributed by atoms with van der Waals surface area (Å²) in [5.74, 6) is 0.0628. The molecule has 0 aliphatic heterocycles. The molecular formula is C14H29NO2. The summed E-state index contributed by atoms with van der Waals surface area (Å²) in [7, 11) is 0. The maximum absolute atomic E-state index is 10.7. The Kier molecular flexibility index (Phi) is 7.44. The lowest BCUT2D eigenvalue weighted by Gasteiger charge is -2.31. The molecule has 0 saturated carbocycles. The van der Waals surface area contributed by atoms with Crippen LogP contribution in [0.4, 0.5) is 0 Å². The molecule has 0 amide bonds. The molecule has 0 radical (unpaired) electrons. The number of aliphatic carboxylic acids is 1. The summed E-state index contributed by atoms with van der Waals surface area (Å²) in [5.41, 5.74) is 5.93. The van der Waals surface area contributed by atoms with Crippen LogP contribution in [0.3, 0.4) is 0 Å². The average Bonchev–Trinajstić information content (AvgIpc) is 2.19.